The van der Waals surface area contributed by atoms with Crippen LogP contribution < -0.4 is 10.6 Å². The fourth-order valence-corrected chi connectivity index (χ4v) is 3.43. The molecule has 2 atom stereocenters. The molecule has 6 nitrogen and oxygen atoms in total. The fraction of sp³-hybridized carbons (Fsp3) is 0.211. The van der Waals surface area contributed by atoms with Crippen LogP contribution in [0.15, 0.2) is 48.7 Å². The van der Waals surface area contributed by atoms with Crippen LogP contribution in [0.4, 0.5) is 29.1 Å². The van der Waals surface area contributed by atoms with Gasteiger partial charge < -0.3 is 10.6 Å². The largest absolute Gasteiger partial charge is 0.410 e. The number of amides is 1. The molecular weight excluding hydrogens is 426 g/mol. The van der Waals surface area contributed by atoms with Gasteiger partial charge in [0.2, 0.25) is 0 Å². The molecule has 1 aliphatic heterocycles. The first kappa shape index (κ1) is 20.1. The standard InChI is InChI=1S/C19H14ClF4N5O/c20-17-12(2-1-7-25-17)27-18(30)14-9-16-26-13(10-3-5-11(21)6-4-10)8-15(19(22,23)24)29(16)28-14/h1-7,9,13,15,26H,8H2,(H,27,30). The van der Waals surface area contributed by atoms with Gasteiger partial charge in [0.25, 0.3) is 5.91 Å². The molecule has 0 fully saturated rings. The average molecular weight is 440 g/mol. The van der Waals surface area contributed by atoms with Crippen LogP contribution in [0.2, 0.25) is 5.15 Å². The summed E-state index contributed by atoms with van der Waals surface area (Å²) in [6.07, 6.45) is -3.53. The van der Waals surface area contributed by atoms with Crippen molar-refractivity contribution in [3.8, 4) is 0 Å². The third kappa shape index (κ3) is 3.95. The van der Waals surface area contributed by atoms with Gasteiger partial charge in [0.1, 0.15) is 11.6 Å². The van der Waals surface area contributed by atoms with Gasteiger partial charge in [0, 0.05) is 18.7 Å². The Morgan fingerprint density at radius 3 is 2.63 bits per heavy atom. The summed E-state index contributed by atoms with van der Waals surface area (Å²) in [6.45, 7) is 0. The number of nitrogens with one attached hydrogen (secondary N) is 2. The van der Waals surface area contributed by atoms with Crippen LogP contribution in [0.1, 0.15) is 34.6 Å². The topological polar surface area (TPSA) is 71.8 Å². The van der Waals surface area contributed by atoms with E-state index in [4.69, 9.17) is 11.6 Å². The van der Waals surface area contributed by atoms with E-state index in [1.807, 2.05) is 0 Å². The summed E-state index contributed by atoms with van der Waals surface area (Å²) >= 11 is 5.90. The number of halogens is 5. The first-order valence-corrected chi connectivity index (χ1v) is 9.20. The van der Waals surface area contributed by atoms with Gasteiger partial charge >= 0.3 is 6.18 Å². The van der Waals surface area contributed by atoms with E-state index < -0.39 is 30.0 Å². The molecule has 3 aromatic rings. The molecule has 2 unspecified atom stereocenters. The molecule has 0 spiro atoms. The van der Waals surface area contributed by atoms with Crippen LogP contribution in [0.3, 0.4) is 0 Å². The maximum atomic E-state index is 13.7. The predicted molar refractivity (Wildman–Crippen MR) is 102 cm³/mol. The summed E-state index contributed by atoms with van der Waals surface area (Å²) in [5.74, 6) is -1.19. The summed E-state index contributed by atoms with van der Waals surface area (Å²) < 4.78 is 55.1. The van der Waals surface area contributed by atoms with Crippen molar-refractivity contribution in [2.45, 2.75) is 24.7 Å². The van der Waals surface area contributed by atoms with Gasteiger partial charge in [0.15, 0.2) is 16.9 Å². The maximum absolute atomic E-state index is 13.7. The molecule has 2 aromatic heterocycles. The monoisotopic (exact) mass is 439 g/mol. The van der Waals surface area contributed by atoms with E-state index in [0.29, 0.717) is 5.56 Å². The van der Waals surface area contributed by atoms with E-state index in [-0.39, 0.29) is 28.8 Å². The minimum atomic E-state index is -4.60. The van der Waals surface area contributed by atoms with Crippen LogP contribution in [-0.4, -0.2) is 26.8 Å². The summed E-state index contributed by atoms with van der Waals surface area (Å²) in [5.41, 5.74) is 0.484. The number of hydrogen-bond acceptors (Lipinski definition) is 4. The summed E-state index contributed by atoms with van der Waals surface area (Å²) in [6, 6.07) is 6.81. The van der Waals surface area contributed by atoms with Gasteiger partial charge in [-0.15, -0.1) is 0 Å². The number of carbonyl (C=O) groups excluding carboxylic acids is 1. The number of rotatable bonds is 3. The van der Waals surface area contributed by atoms with Gasteiger partial charge in [-0.3, -0.25) is 4.79 Å². The number of hydrogen-bond donors (Lipinski definition) is 2. The average Bonchev–Trinajstić information content (AvgIpc) is 3.13. The van der Waals surface area contributed by atoms with Gasteiger partial charge in [-0.05, 0) is 29.8 Å². The van der Waals surface area contributed by atoms with Crippen molar-refractivity contribution in [1.82, 2.24) is 14.8 Å². The van der Waals surface area contributed by atoms with E-state index in [2.05, 4.69) is 20.7 Å². The quantitative estimate of drug-likeness (QED) is 0.446. The second-order valence-electron chi connectivity index (χ2n) is 6.70. The lowest BCUT2D eigenvalue weighted by molar-refractivity contribution is -0.173. The second-order valence-corrected chi connectivity index (χ2v) is 7.05. The Hall–Kier alpha value is -3.14. The van der Waals surface area contributed by atoms with Crippen molar-refractivity contribution in [1.29, 1.82) is 0 Å². The van der Waals surface area contributed by atoms with Gasteiger partial charge in [-0.25, -0.2) is 14.1 Å². The van der Waals surface area contributed by atoms with Crippen molar-refractivity contribution in [2.24, 2.45) is 0 Å². The van der Waals surface area contributed by atoms with E-state index in [1.54, 1.807) is 6.07 Å². The molecule has 156 valence electrons. The molecule has 2 N–H and O–H groups in total. The number of benzene rings is 1. The van der Waals surface area contributed by atoms with Crippen molar-refractivity contribution in [3.05, 3.63) is 70.9 Å². The van der Waals surface area contributed by atoms with E-state index in [9.17, 15) is 22.4 Å². The number of anilines is 2. The lowest BCUT2D eigenvalue weighted by atomic mass is 9.97. The number of nitrogens with zero attached hydrogens (tertiary/aromatic N) is 3. The Morgan fingerprint density at radius 2 is 1.97 bits per heavy atom. The Bertz CT molecular complexity index is 1080. The zero-order valence-electron chi connectivity index (χ0n) is 15.1. The normalized spacial score (nSPS) is 18.4. The molecule has 0 radical (unpaired) electrons. The molecule has 0 bridgehead atoms. The number of aromatic nitrogens is 3. The number of fused-ring (bicyclic) bond motifs is 1. The summed E-state index contributed by atoms with van der Waals surface area (Å²) in [5, 5.41) is 9.33. The van der Waals surface area contributed by atoms with E-state index in [0.717, 1.165) is 4.68 Å². The van der Waals surface area contributed by atoms with E-state index >= 15 is 0 Å². The highest BCUT2D eigenvalue weighted by Crippen LogP contribution is 2.43. The molecule has 0 saturated carbocycles. The molecule has 1 aromatic carbocycles. The Labute approximate surface area is 172 Å². The SMILES string of the molecule is O=C(Nc1cccnc1Cl)c1cc2n(n1)C(C(F)(F)F)CC(c1ccc(F)cc1)N2. The summed E-state index contributed by atoms with van der Waals surface area (Å²) in [7, 11) is 0. The zero-order chi connectivity index (χ0) is 21.5. The highest BCUT2D eigenvalue weighted by molar-refractivity contribution is 6.32. The smallest absolute Gasteiger partial charge is 0.363 e. The molecule has 0 saturated heterocycles. The molecule has 0 aliphatic carbocycles. The Balaban J connectivity index is 1.65. The Morgan fingerprint density at radius 1 is 1.23 bits per heavy atom. The minimum Gasteiger partial charge on any atom is -0.363 e. The lowest BCUT2D eigenvalue weighted by Crippen LogP contribution is -2.35. The first-order chi connectivity index (χ1) is 14.2. The van der Waals surface area contributed by atoms with Gasteiger partial charge in [-0.2, -0.15) is 18.3 Å². The first-order valence-electron chi connectivity index (χ1n) is 8.82. The third-order valence-electron chi connectivity index (χ3n) is 4.70. The third-order valence-corrected chi connectivity index (χ3v) is 5.00. The van der Waals surface area contributed by atoms with Crippen LogP contribution >= 0.6 is 11.6 Å². The van der Waals surface area contributed by atoms with Crippen LogP contribution in [0.5, 0.6) is 0 Å². The zero-order valence-corrected chi connectivity index (χ0v) is 15.9. The molecule has 1 amide bonds. The van der Waals surface area contributed by atoms with Gasteiger partial charge in [-0.1, -0.05) is 23.7 Å². The van der Waals surface area contributed by atoms with Crippen LogP contribution in [-0.2, 0) is 0 Å². The number of carbonyl (C=O) groups is 1. The number of alkyl halides is 3. The van der Waals surface area contributed by atoms with Crippen molar-refractivity contribution < 1.29 is 22.4 Å². The highest BCUT2D eigenvalue weighted by atomic mass is 35.5. The molecular formula is C19H14ClF4N5O. The Kier molecular flexibility index (Phi) is 5.10. The maximum Gasteiger partial charge on any atom is 0.410 e. The van der Waals surface area contributed by atoms with Crippen LogP contribution in [0, 0.1) is 5.82 Å². The van der Waals surface area contributed by atoms with Crippen molar-refractivity contribution in [3.63, 3.8) is 0 Å². The fourth-order valence-electron chi connectivity index (χ4n) is 3.26. The van der Waals surface area contributed by atoms with Crippen LogP contribution in [0.25, 0.3) is 0 Å². The second kappa shape index (κ2) is 7.60. The lowest BCUT2D eigenvalue weighted by Gasteiger charge is -2.33. The molecule has 11 heteroatoms. The molecule has 4 rings (SSSR count). The molecule has 30 heavy (non-hydrogen) atoms. The predicted octanol–water partition coefficient (Wildman–Crippen LogP) is 4.98. The van der Waals surface area contributed by atoms with E-state index in [1.165, 1.54) is 42.6 Å². The minimum absolute atomic E-state index is 0.0281. The molecule has 3 heterocycles. The number of pyridine rings is 1. The highest BCUT2D eigenvalue weighted by Gasteiger charge is 2.46. The molecule has 1 aliphatic rings. The summed E-state index contributed by atoms with van der Waals surface area (Å²) in [4.78, 5) is 16.3. The van der Waals surface area contributed by atoms with Crippen molar-refractivity contribution in [2.75, 3.05) is 10.6 Å². The van der Waals surface area contributed by atoms with Gasteiger partial charge in [0.05, 0.1) is 11.7 Å². The van der Waals surface area contributed by atoms with Crippen molar-refractivity contribution >= 4 is 29.0 Å².